The molecule has 1 unspecified atom stereocenters. The predicted octanol–water partition coefficient (Wildman–Crippen LogP) is 1.95. The molecule has 0 fully saturated rings. The molecule has 0 spiro atoms. The zero-order valence-corrected chi connectivity index (χ0v) is 9.33. The minimum Gasteiger partial charge on any atom is -0.348 e. The molecule has 2 aromatic rings. The Labute approximate surface area is 94.9 Å². The van der Waals surface area contributed by atoms with Gasteiger partial charge in [-0.25, -0.2) is 4.98 Å². The number of H-pyrrole nitrogens is 1. The number of aryl methyl sites for hydroxylation is 1. The van der Waals surface area contributed by atoms with Crippen molar-refractivity contribution in [1.29, 1.82) is 0 Å². The Bertz CT molecular complexity index is 501. The third kappa shape index (κ3) is 1.44. The highest BCUT2D eigenvalue weighted by Crippen LogP contribution is 2.28. The van der Waals surface area contributed by atoms with Gasteiger partial charge in [0.2, 0.25) is 0 Å². The second-order valence-corrected chi connectivity index (χ2v) is 4.25. The quantitative estimate of drug-likeness (QED) is 0.760. The Balaban J connectivity index is 2.08. The van der Waals surface area contributed by atoms with Gasteiger partial charge in [0.25, 0.3) is 0 Å². The van der Waals surface area contributed by atoms with Crippen LogP contribution >= 0.6 is 0 Å². The summed E-state index contributed by atoms with van der Waals surface area (Å²) < 4.78 is 0. The maximum Gasteiger partial charge on any atom is 0.0926 e. The molecule has 0 aliphatic carbocycles. The van der Waals surface area contributed by atoms with Gasteiger partial charge in [0, 0.05) is 12.2 Å². The molecule has 1 atom stereocenters. The van der Waals surface area contributed by atoms with E-state index < -0.39 is 0 Å². The topological polar surface area (TPSA) is 40.7 Å². The van der Waals surface area contributed by atoms with Crippen molar-refractivity contribution >= 4 is 0 Å². The number of benzene rings is 1. The van der Waals surface area contributed by atoms with Crippen LogP contribution in [0.15, 0.2) is 30.6 Å². The average Bonchev–Trinajstić information content (AvgIpc) is 2.75. The van der Waals surface area contributed by atoms with Crippen molar-refractivity contribution in [3.05, 3.63) is 53.1 Å². The van der Waals surface area contributed by atoms with Crippen molar-refractivity contribution in [1.82, 2.24) is 15.3 Å². The maximum absolute atomic E-state index is 4.42. The standard InChI is InChI=1S/C13H15N3/c1-9-12(16-8-15-9)13-11-5-3-2-4-10(11)6-7-14-13/h2-5,8,13-14H,6-7H2,1H3,(H,15,16). The summed E-state index contributed by atoms with van der Waals surface area (Å²) in [7, 11) is 0. The monoisotopic (exact) mass is 213 g/mol. The molecule has 0 bridgehead atoms. The molecule has 0 amide bonds. The van der Waals surface area contributed by atoms with Gasteiger partial charge in [-0.05, 0) is 24.5 Å². The minimum absolute atomic E-state index is 0.246. The average molecular weight is 213 g/mol. The molecule has 82 valence electrons. The lowest BCUT2D eigenvalue weighted by Gasteiger charge is -2.26. The Hall–Kier alpha value is -1.61. The third-order valence-electron chi connectivity index (χ3n) is 3.25. The number of fused-ring (bicyclic) bond motifs is 1. The van der Waals surface area contributed by atoms with E-state index in [1.807, 2.05) is 0 Å². The molecule has 1 aliphatic rings. The molecule has 1 aromatic heterocycles. The Morgan fingerprint density at radius 1 is 1.31 bits per heavy atom. The molecule has 3 nitrogen and oxygen atoms in total. The molecule has 3 rings (SSSR count). The lowest BCUT2D eigenvalue weighted by Crippen LogP contribution is -2.31. The van der Waals surface area contributed by atoms with Crippen molar-refractivity contribution in [2.45, 2.75) is 19.4 Å². The summed E-state index contributed by atoms with van der Waals surface area (Å²) in [6.07, 6.45) is 2.87. The van der Waals surface area contributed by atoms with Gasteiger partial charge >= 0.3 is 0 Å². The summed E-state index contributed by atoms with van der Waals surface area (Å²) >= 11 is 0. The highest BCUT2D eigenvalue weighted by molar-refractivity contribution is 5.38. The van der Waals surface area contributed by atoms with Crippen molar-refractivity contribution < 1.29 is 0 Å². The summed E-state index contributed by atoms with van der Waals surface area (Å²) in [5.41, 5.74) is 5.07. The maximum atomic E-state index is 4.42. The third-order valence-corrected chi connectivity index (χ3v) is 3.25. The van der Waals surface area contributed by atoms with Gasteiger partial charge in [-0.1, -0.05) is 24.3 Å². The zero-order chi connectivity index (χ0) is 11.0. The molecular formula is C13H15N3. The molecule has 0 saturated heterocycles. The fourth-order valence-electron chi connectivity index (χ4n) is 2.41. The van der Waals surface area contributed by atoms with Crippen LogP contribution in [0.4, 0.5) is 0 Å². The van der Waals surface area contributed by atoms with E-state index in [0.717, 1.165) is 24.4 Å². The van der Waals surface area contributed by atoms with Crippen molar-refractivity contribution in [2.75, 3.05) is 6.54 Å². The SMILES string of the molecule is Cc1[nH]cnc1C1NCCc2ccccc21. The summed E-state index contributed by atoms with van der Waals surface area (Å²) in [6.45, 7) is 3.09. The second kappa shape index (κ2) is 3.76. The highest BCUT2D eigenvalue weighted by Gasteiger charge is 2.23. The molecule has 16 heavy (non-hydrogen) atoms. The lowest BCUT2D eigenvalue weighted by atomic mass is 9.92. The second-order valence-electron chi connectivity index (χ2n) is 4.25. The summed E-state index contributed by atoms with van der Waals surface area (Å²) in [5.74, 6) is 0. The van der Waals surface area contributed by atoms with Gasteiger partial charge in [-0.2, -0.15) is 0 Å². The van der Waals surface area contributed by atoms with E-state index in [1.165, 1.54) is 11.1 Å². The highest BCUT2D eigenvalue weighted by atomic mass is 15.0. The molecule has 3 heteroatoms. The van der Waals surface area contributed by atoms with Gasteiger partial charge in [0.1, 0.15) is 0 Å². The molecule has 2 heterocycles. The first-order chi connectivity index (χ1) is 7.86. The van der Waals surface area contributed by atoms with Crippen molar-refractivity contribution in [2.24, 2.45) is 0 Å². The first-order valence-electron chi connectivity index (χ1n) is 5.67. The summed E-state index contributed by atoms with van der Waals surface area (Å²) in [6, 6.07) is 8.86. The number of hydrogen-bond acceptors (Lipinski definition) is 2. The van der Waals surface area contributed by atoms with Gasteiger partial charge in [-0.3, -0.25) is 0 Å². The van der Waals surface area contributed by atoms with Crippen LogP contribution in [0, 0.1) is 6.92 Å². The molecule has 0 radical (unpaired) electrons. The van der Waals surface area contributed by atoms with E-state index in [1.54, 1.807) is 6.33 Å². The van der Waals surface area contributed by atoms with Crippen LogP contribution in [-0.4, -0.2) is 16.5 Å². The van der Waals surface area contributed by atoms with E-state index in [-0.39, 0.29) is 6.04 Å². The van der Waals surface area contributed by atoms with Gasteiger partial charge in [0.15, 0.2) is 0 Å². The van der Waals surface area contributed by atoms with Gasteiger partial charge < -0.3 is 10.3 Å². The van der Waals surface area contributed by atoms with Crippen molar-refractivity contribution in [3.8, 4) is 0 Å². The number of hydrogen-bond donors (Lipinski definition) is 2. The Kier molecular flexibility index (Phi) is 2.26. The predicted molar refractivity (Wildman–Crippen MR) is 63.3 cm³/mol. The number of rotatable bonds is 1. The summed E-state index contributed by atoms with van der Waals surface area (Å²) in [4.78, 5) is 7.57. The molecular weight excluding hydrogens is 198 g/mol. The fourth-order valence-corrected chi connectivity index (χ4v) is 2.41. The number of aromatic nitrogens is 2. The number of imidazole rings is 1. The van der Waals surface area contributed by atoms with E-state index in [4.69, 9.17) is 0 Å². The molecule has 2 N–H and O–H groups in total. The lowest BCUT2D eigenvalue weighted by molar-refractivity contribution is 0.556. The van der Waals surface area contributed by atoms with Crippen LogP contribution in [0.25, 0.3) is 0 Å². The smallest absolute Gasteiger partial charge is 0.0926 e. The van der Waals surface area contributed by atoms with Crippen LogP contribution < -0.4 is 5.32 Å². The van der Waals surface area contributed by atoms with Crippen LogP contribution in [0.5, 0.6) is 0 Å². The van der Waals surface area contributed by atoms with E-state index in [2.05, 4.69) is 46.5 Å². The fraction of sp³-hybridized carbons (Fsp3) is 0.308. The first-order valence-corrected chi connectivity index (χ1v) is 5.67. The normalized spacial score (nSPS) is 19.4. The van der Waals surface area contributed by atoms with Gasteiger partial charge in [0.05, 0.1) is 18.1 Å². The minimum atomic E-state index is 0.246. The first kappa shape index (κ1) is 9.60. The number of aromatic amines is 1. The number of nitrogens with zero attached hydrogens (tertiary/aromatic N) is 1. The van der Waals surface area contributed by atoms with Crippen molar-refractivity contribution in [3.63, 3.8) is 0 Å². The molecule has 1 aliphatic heterocycles. The van der Waals surface area contributed by atoms with Crippen LogP contribution in [-0.2, 0) is 6.42 Å². The Morgan fingerprint density at radius 2 is 2.19 bits per heavy atom. The van der Waals surface area contributed by atoms with E-state index in [0.29, 0.717) is 0 Å². The molecule has 1 aromatic carbocycles. The molecule has 0 saturated carbocycles. The van der Waals surface area contributed by atoms with E-state index in [9.17, 15) is 0 Å². The van der Waals surface area contributed by atoms with Gasteiger partial charge in [-0.15, -0.1) is 0 Å². The zero-order valence-electron chi connectivity index (χ0n) is 9.33. The number of nitrogens with one attached hydrogen (secondary N) is 2. The van der Waals surface area contributed by atoms with Crippen LogP contribution in [0.1, 0.15) is 28.6 Å². The Morgan fingerprint density at radius 3 is 3.00 bits per heavy atom. The summed E-state index contributed by atoms with van der Waals surface area (Å²) in [5, 5.41) is 3.54. The largest absolute Gasteiger partial charge is 0.348 e. The van der Waals surface area contributed by atoms with Crippen LogP contribution in [0.2, 0.25) is 0 Å². The van der Waals surface area contributed by atoms with E-state index >= 15 is 0 Å². The van der Waals surface area contributed by atoms with Crippen LogP contribution in [0.3, 0.4) is 0 Å².